The van der Waals surface area contributed by atoms with Gasteiger partial charge in [0.25, 0.3) is 0 Å². The molecule has 280 valence electrons. The molecule has 45 heavy (non-hydrogen) atoms. The van der Waals surface area contributed by atoms with Gasteiger partial charge in [-0.15, -0.1) is 0 Å². The molecule has 0 rings (SSSR count). The van der Waals surface area contributed by atoms with E-state index < -0.39 is 15.6 Å². The molecule has 0 bridgehead atoms. The zero-order valence-corrected chi connectivity index (χ0v) is 32.8. The topological polar surface area (TPSA) is 202 Å². The number of hydrogen-bond donors (Lipinski definition) is 4. The van der Waals surface area contributed by atoms with Gasteiger partial charge in [-0.05, 0) is 51.4 Å². The zero-order valence-electron chi connectivity index (χ0n) is 31.0. The lowest BCUT2D eigenvalue weighted by molar-refractivity contribution is -0.655. The Kier molecular flexibility index (Phi) is 58.8. The summed E-state index contributed by atoms with van der Waals surface area (Å²) in [5.74, 6) is 0. The Morgan fingerprint density at radius 2 is 0.489 bits per heavy atom. The number of unbranched alkanes of at least 4 members (excludes halogenated alkanes) is 8. The summed E-state index contributed by atoms with van der Waals surface area (Å²) in [4.78, 5) is 37.3. The third-order valence-corrected chi connectivity index (χ3v) is 7.89. The molecule has 0 heterocycles. The molecule has 0 aliphatic rings. The van der Waals surface area contributed by atoms with Gasteiger partial charge in [-0.2, -0.15) is 0 Å². The van der Waals surface area contributed by atoms with Gasteiger partial charge >= 0.3 is 0 Å². The molecule has 8 N–H and O–H groups in total. The van der Waals surface area contributed by atoms with Crippen LogP contribution in [-0.2, 0) is 13.4 Å². The first-order valence-electron chi connectivity index (χ1n) is 18.4. The van der Waals surface area contributed by atoms with E-state index in [1.54, 1.807) is 0 Å². The third-order valence-electron chi connectivity index (χ3n) is 6.29. The van der Waals surface area contributed by atoms with Crippen molar-refractivity contribution in [2.75, 3.05) is 52.4 Å². The van der Waals surface area contributed by atoms with Crippen LogP contribution in [0.25, 0.3) is 0 Å². The van der Waals surface area contributed by atoms with E-state index in [2.05, 4.69) is 81.0 Å². The fourth-order valence-corrected chi connectivity index (χ4v) is 4.47. The Morgan fingerprint density at radius 3 is 0.556 bits per heavy atom. The van der Waals surface area contributed by atoms with Crippen molar-refractivity contribution in [2.24, 2.45) is 0 Å². The van der Waals surface area contributed by atoms with Gasteiger partial charge in [-0.25, -0.2) is 0 Å². The molecule has 0 spiro atoms. The molecule has 0 saturated carbocycles. The number of phosphoric acid groups is 2. The van der Waals surface area contributed by atoms with Gasteiger partial charge in [0.05, 0.1) is 68.0 Å². The quantitative estimate of drug-likeness (QED) is 0.0771. The lowest BCUT2D eigenvalue weighted by Crippen LogP contribution is -2.84. The molecule has 0 aliphatic carbocycles. The van der Waals surface area contributed by atoms with Crippen LogP contribution in [0.1, 0.15) is 158 Å². The maximum Gasteiger partial charge on any atom is 0.0755 e. The van der Waals surface area contributed by atoms with E-state index in [0.29, 0.717) is 0 Å². The average molecular weight is 695 g/mol. The molecule has 0 aliphatic heterocycles. The smallest absolute Gasteiger partial charge is 0.0755 e. The normalized spacial score (nSPS) is 10.8. The van der Waals surface area contributed by atoms with Crippen molar-refractivity contribution in [3.8, 4) is 0 Å². The molecule has 0 atom stereocenters. The summed E-state index contributed by atoms with van der Waals surface area (Å²) >= 11 is 0. The summed E-state index contributed by atoms with van der Waals surface area (Å²) in [7, 11) is -11.4. The maximum absolute atomic E-state index is 9.32. The molecule has 13 heteroatoms. The monoisotopic (exact) mass is 695 g/mol. The SMILES string of the molecule is CCCC[NH2+]CCCC.CCCC[NH2+]CCCC.CCCC[NH2+]CCCC.CCCC[NH2+]CCCC.O=P([O-])([O-])OP(=O)([O-])[O-]. The summed E-state index contributed by atoms with van der Waals surface area (Å²) in [5, 5.41) is 9.69. The first-order chi connectivity index (χ1) is 21.4. The second-order valence-corrected chi connectivity index (χ2v) is 13.7. The van der Waals surface area contributed by atoms with E-state index in [1.165, 1.54) is 155 Å². The van der Waals surface area contributed by atoms with Crippen LogP contribution in [0.4, 0.5) is 0 Å². The highest BCUT2D eigenvalue weighted by Crippen LogP contribution is 2.42. The summed E-state index contributed by atoms with van der Waals surface area (Å²) in [6.45, 7) is 28.6. The van der Waals surface area contributed by atoms with Gasteiger partial charge in [-0.1, -0.05) is 107 Å². The van der Waals surface area contributed by atoms with Crippen LogP contribution in [0, 0.1) is 0 Å². The van der Waals surface area contributed by atoms with E-state index in [4.69, 9.17) is 0 Å². The highest BCUT2D eigenvalue weighted by molar-refractivity contribution is 7.57. The Balaban J connectivity index is -0.000000148. The van der Waals surface area contributed by atoms with E-state index >= 15 is 0 Å². The third kappa shape index (κ3) is 86.3. The molecular formula is C32H80N4O7P2. The van der Waals surface area contributed by atoms with Crippen molar-refractivity contribution in [3.63, 3.8) is 0 Å². The Hall–Kier alpha value is 0.100. The van der Waals surface area contributed by atoms with Crippen LogP contribution in [0.2, 0.25) is 0 Å². The summed E-state index contributed by atoms with van der Waals surface area (Å²) in [5.41, 5.74) is 0. The molecule has 11 nitrogen and oxygen atoms in total. The lowest BCUT2D eigenvalue weighted by Gasteiger charge is -2.39. The predicted octanol–water partition coefficient (Wildman–Crippen LogP) is 1.26. The van der Waals surface area contributed by atoms with E-state index in [0.717, 1.165) is 0 Å². The first kappa shape index (κ1) is 54.5. The Morgan fingerprint density at radius 1 is 0.356 bits per heavy atom. The second kappa shape index (κ2) is 48.5. The largest absolute Gasteiger partial charge is 0.790 e. The molecule has 0 amide bonds. The van der Waals surface area contributed by atoms with Crippen LogP contribution in [0.5, 0.6) is 0 Å². The molecule has 0 aromatic carbocycles. The molecule has 0 aromatic heterocycles. The van der Waals surface area contributed by atoms with Crippen LogP contribution in [-0.4, -0.2) is 52.4 Å². The summed E-state index contributed by atoms with van der Waals surface area (Å²) in [6.07, 6.45) is 21.7. The zero-order chi connectivity index (χ0) is 35.5. The predicted molar refractivity (Wildman–Crippen MR) is 182 cm³/mol. The van der Waals surface area contributed by atoms with Crippen LogP contribution < -0.4 is 40.8 Å². The number of hydrogen-bond acceptors (Lipinski definition) is 7. The fraction of sp³-hybridized carbons (Fsp3) is 1.00. The Labute approximate surface area is 280 Å². The summed E-state index contributed by atoms with van der Waals surface area (Å²) < 4.78 is 21.2. The van der Waals surface area contributed by atoms with Crippen molar-refractivity contribution in [2.45, 2.75) is 158 Å². The van der Waals surface area contributed by atoms with Crippen LogP contribution >= 0.6 is 15.6 Å². The maximum atomic E-state index is 9.32. The van der Waals surface area contributed by atoms with E-state index in [1.807, 2.05) is 0 Å². The lowest BCUT2D eigenvalue weighted by atomic mass is 10.3. The number of rotatable bonds is 26. The molecule has 0 radical (unpaired) electrons. The molecule has 0 fully saturated rings. The highest BCUT2D eigenvalue weighted by atomic mass is 31.3. The summed E-state index contributed by atoms with van der Waals surface area (Å²) in [6, 6.07) is 0. The van der Waals surface area contributed by atoms with Crippen molar-refractivity contribution in [1.82, 2.24) is 0 Å². The van der Waals surface area contributed by atoms with Crippen molar-refractivity contribution in [3.05, 3.63) is 0 Å². The molecular weight excluding hydrogens is 614 g/mol. The van der Waals surface area contributed by atoms with Crippen LogP contribution in [0.3, 0.4) is 0 Å². The molecule has 0 unspecified atom stereocenters. The van der Waals surface area contributed by atoms with Gasteiger partial charge in [-0.3, -0.25) is 0 Å². The minimum atomic E-state index is -5.68. The fourth-order valence-electron chi connectivity index (χ4n) is 3.49. The van der Waals surface area contributed by atoms with Crippen molar-refractivity contribution in [1.29, 1.82) is 0 Å². The highest BCUT2D eigenvalue weighted by Gasteiger charge is 1.93. The van der Waals surface area contributed by atoms with E-state index in [9.17, 15) is 28.7 Å². The van der Waals surface area contributed by atoms with Crippen LogP contribution in [0.15, 0.2) is 0 Å². The second-order valence-electron chi connectivity index (χ2n) is 11.3. The first-order valence-corrected chi connectivity index (χ1v) is 21.3. The number of nitrogens with two attached hydrogens (primary N) is 4. The average Bonchev–Trinajstić information content (AvgIpc) is 2.97. The van der Waals surface area contributed by atoms with Gasteiger partial charge in [0.15, 0.2) is 0 Å². The standard InChI is InChI=1S/4C8H19N.H4O7P2/c4*1-3-5-7-9-8-6-4-2;1-8(2,3)7-9(4,5)6/h4*9H,3-8H2,1-2H3;(H2,1,2,3)(H2,4,5,6). The van der Waals surface area contributed by atoms with Crippen molar-refractivity contribution < 1.29 is 54.3 Å². The molecule has 0 saturated heterocycles. The number of quaternary nitrogens is 4. The van der Waals surface area contributed by atoms with E-state index in [-0.39, 0.29) is 0 Å². The van der Waals surface area contributed by atoms with Crippen molar-refractivity contribution >= 4 is 15.6 Å². The minimum absolute atomic E-state index is 1.33. The van der Waals surface area contributed by atoms with Gasteiger partial charge in [0.2, 0.25) is 0 Å². The van der Waals surface area contributed by atoms with Gasteiger partial charge in [0.1, 0.15) is 0 Å². The minimum Gasteiger partial charge on any atom is -0.790 e. The van der Waals surface area contributed by atoms with Gasteiger partial charge < -0.3 is 54.3 Å². The van der Waals surface area contributed by atoms with Gasteiger partial charge in [0, 0.05) is 0 Å². The molecule has 0 aromatic rings. The Bertz CT molecular complexity index is 484.